The Morgan fingerprint density at radius 2 is 1.16 bits per heavy atom. The van der Waals surface area contributed by atoms with Crippen LogP contribution < -0.4 is 0 Å². The fourth-order valence-electron chi connectivity index (χ4n) is 6.81. The molecule has 2 saturated carbocycles. The molecule has 2 aliphatic carbocycles. The zero-order chi connectivity index (χ0) is 22.7. The fourth-order valence-corrected chi connectivity index (χ4v) is 10.6. The van der Waals surface area contributed by atoms with Gasteiger partial charge in [-0.3, -0.25) is 19.2 Å². The van der Waals surface area contributed by atoms with Crippen molar-refractivity contribution >= 4 is 45.0 Å². The van der Waals surface area contributed by atoms with E-state index in [-0.39, 0.29) is 49.1 Å². The molecule has 2 N–H and O–H groups in total. The summed E-state index contributed by atoms with van der Waals surface area (Å²) in [4.78, 5) is 54.0. The third-order valence-corrected chi connectivity index (χ3v) is 11.9. The quantitative estimate of drug-likeness (QED) is 0.466. The van der Waals surface area contributed by atoms with Gasteiger partial charge in [0.1, 0.15) is 23.8 Å². The van der Waals surface area contributed by atoms with E-state index in [9.17, 15) is 29.4 Å². The van der Waals surface area contributed by atoms with Crippen LogP contribution in [0.2, 0.25) is 0 Å². The summed E-state index contributed by atoms with van der Waals surface area (Å²) in [6.45, 7) is 0. The third kappa shape index (κ3) is 2.24. The van der Waals surface area contributed by atoms with E-state index in [4.69, 9.17) is 9.47 Å². The van der Waals surface area contributed by atoms with Crippen LogP contribution in [0.5, 0.6) is 0 Å². The van der Waals surface area contributed by atoms with Crippen LogP contribution in [0.3, 0.4) is 0 Å². The molecule has 7 fully saturated rings. The molecule has 0 unspecified atom stereocenters. The fraction of sp³-hybridized carbons (Fsp3) is 0.800. The van der Waals surface area contributed by atoms with E-state index < -0.39 is 58.1 Å². The van der Waals surface area contributed by atoms with Crippen molar-refractivity contribution in [3.63, 3.8) is 0 Å². The molecule has 5 heterocycles. The van der Waals surface area contributed by atoms with E-state index in [1.54, 1.807) is 0 Å². The Morgan fingerprint density at radius 1 is 0.781 bits per heavy atom. The first-order chi connectivity index (χ1) is 15.2. The van der Waals surface area contributed by atoms with Crippen LogP contribution in [0.4, 0.5) is 0 Å². The minimum atomic E-state index is -1.35. The minimum absolute atomic E-state index is 0.0330. The molecule has 7 aliphatic rings. The number of nitrogens with zero attached hydrogens (tertiary/aromatic N) is 2. The molecule has 0 aromatic heterocycles. The Hall–Kier alpha value is -1.18. The van der Waals surface area contributed by atoms with Gasteiger partial charge in [0.05, 0.1) is 24.3 Å². The summed E-state index contributed by atoms with van der Waals surface area (Å²) in [5.74, 6) is -2.33. The summed E-state index contributed by atoms with van der Waals surface area (Å²) in [6.07, 6.45) is -3.40. The zero-order valence-corrected chi connectivity index (χ0v) is 19.1. The number of fused-ring (bicyclic) bond motifs is 3. The number of amides is 2. The van der Waals surface area contributed by atoms with Crippen molar-refractivity contribution < 1.29 is 38.9 Å². The van der Waals surface area contributed by atoms with E-state index in [0.29, 0.717) is 0 Å². The number of carbonyl (C=O) groups is 4. The highest BCUT2D eigenvalue weighted by Crippen LogP contribution is 2.70. The maximum Gasteiger partial charge on any atom is 0.261 e. The first-order valence-electron chi connectivity index (χ1n) is 10.7. The van der Waals surface area contributed by atoms with Crippen LogP contribution in [0.25, 0.3) is 0 Å². The predicted molar refractivity (Wildman–Crippen MR) is 111 cm³/mol. The molecule has 10 atom stereocenters. The number of hydrogen-bond donors (Lipinski definition) is 2. The summed E-state index contributed by atoms with van der Waals surface area (Å²) < 4.78 is 10.6. The largest absolute Gasteiger partial charge is 0.388 e. The van der Waals surface area contributed by atoms with Gasteiger partial charge in [-0.2, -0.15) is 0 Å². The molecule has 0 aromatic rings. The lowest BCUT2D eigenvalue weighted by atomic mass is 9.79. The smallest absolute Gasteiger partial charge is 0.261 e. The summed E-state index contributed by atoms with van der Waals surface area (Å²) >= 11 is 0. The summed E-state index contributed by atoms with van der Waals surface area (Å²) in [5.41, 5.74) is 0. The van der Waals surface area contributed by atoms with Gasteiger partial charge in [0, 0.05) is 51.7 Å². The number of ketones is 2. The van der Waals surface area contributed by atoms with Crippen molar-refractivity contribution in [3.05, 3.63) is 0 Å². The first kappa shape index (κ1) is 21.4. The molecule has 2 bridgehead atoms. The van der Waals surface area contributed by atoms with Crippen molar-refractivity contribution in [2.75, 3.05) is 14.2 Å². The molecule has 2 spiro atoms. The third-order valence-electron chi connectivity index (χ3n) is 8.31. The van der Waals surface area contributed by atoms with Crippen LogP contribution in [0, 0.1) is 11.8 Å². The van der Waals surface area contributed by atoms with Crippen LogP contribution >= 0.6 is 21.6 Å². The van der Waals surface area contributed by atoms with Crippen molar-refractivity contribution in [1.29, 1.82) is 0 Å². The Morgan fingerprint density at radius 3 is 1.50 bits per heavy atom. The van der Waals surface area contributed by atoms with Crippen molar-refractivity contribution in [1.82, 2.24) is 9.80 Å². The molecular weight excluding hydrogens is 460 g/mol. The molecule has 32 heavy (non-hydrogen) atoms. The zero-order valence-electron chi connectivity index (χ0n) is 17.5. The Balaban J connectivity index is 1.46. The maximum atomic E-state index is 14.0. The van der Waals surface area contributed by atoms with E-state index in [1.165, 1.54) is 45.6 Å². The van der Waals surface area contributed by atoms with Crippen LogP contribution in [0.15, 0.2) is 0 Å². The highest BCUT2D eigenvalue weighted by atomic mass is 33.1. The Labute approximate surface area is 191 Å². The number of aliphatic hydroxyl groups is 2. The second-order valence-electron chi connectivity index (χ2n) is 9.56. The molecule has 0 aromatic carbocycles. The average molecular weight is 485 g/mol. The van der Waals surface area contributed by atoms with Crippen LogP contribution in [-0.2, 0) is 28.7 Å². The number of piperazine rings is 1. The van der Waals surface area contributed by atoms with Crippen LogP contribution in [-0.4, -0.2) is 104 Å². The van der Waals surface area contributed by atoms with Crippen LogP contribution in [0.1, 0.15) is 25.7 Å². The molecule has 2 amide bonds. The van der Waals surface area contributed by atoms with Gasteiger partial charge < -0.3 is 29.5 Å². The minimum Gasteiger partial charge on any atom is -0.388 e. The molecule has 174 valence electrons. The van der Waals surface area contributed by atoms with Crippen molar-refractivity contribution in [3.8, 4) is 0 Å². The van der Waals surface area contributed by atoms with Gasteiger partial charge in [0.25, 0.3) is 11.8 Å². The number of hydrogen-bond acceptors (Lipinski definition) is 10. The predicted octanol–water partition coefficient (Wildman–Crippen LogP) is -1.08. The van der Waals surface area contributed by atoms with Gasteiger partial charge in [-0.1, -0.05) is 21.6 Å². The molecule has 7 rings (SSSR count). The molecule has 12 heteroatoms. The van der Waals surface area contributed by atoms with Crippen molar-refractivity contribution in [2.45, 2.75) is 71.9 Å². The second kappa shape index (κ2) is 6.70. The summed E-state index contributed by atoms with van der Waals surface area (Å²) in [5, 5.41) is 22.0. The highest BCUT2D eigenvalue weighted by molar-refractivity contribution is 8.78. The monoisotopic (exact) mass is 484 g/mol. The topological polar surface area (TPSA) is 134 Å². The summed E-state index contributed by atoms with van der Waals surface area (Å²) in [7, 11) is 5.31. The molecular formula is C20H24N2O8S2. The lowest BCUT2D eigenvalue weighted by Crippen LogP contribution is -2.78. The van der Waals surface area contributed by atoms with Gasteiger partial charge in [-0.05, 0) is 0 Å². The molecule has 5 aliphatic heterocycles. The number of ether oxygens (including phenoxy) is 2. The second-order valence-corrected chi connectivity index (χ2v) is 12.2. The lowest BCUT2D eigenvalue weighted by molar-refractivity contribution is -0.177. The number of rotatable bonds is 2. The van der Waals surface area contributed by atoms with Gasteiger partial charge in [0.2, 0.25) is 0 Å². The normalized spacial score (nSPS) is 51.6. The maximum absolute atomic E-state index is 14.0. The SMILES string of the molecule is CO[C@H]1CC(=O)[C@@H]2C[C@@]34SS[C@]5(C[C@H]6C(=O)C[C@H](OC)[C@H](O)[C@H]6N5C3=O)C(=O)N4[C@@H]2[C@H]1O. The van der Waals surface area contributed by atoms with E-state index in [1.807, 2.05) is 0 Å². The van der Waals surface area contributed by atoms with Gasteiger partial charge >= 0.3 is 0 Å². The summed E-state index contributed by atoms with van der Waals surface area (Å²) in [6, 6.07) is -1.69. The van der Waals surface area contributed by atoms with Crippen molar-refractivity contribution in [2.24, 2.45) is 11.8 Å². The number of Topliss-reactive ketones (excluding diaryl/α,β-unsaturated/α-hetero) is 2. The molecule has 5 saturated heterocycles. The molecule has 10 nitrogen and oxygen atoms in total. The standard InChI is InChI=1S/C20H24N2O8S2/c1-29-11-3-9(23)7-5-19-18(28)22-14-8(10(24)4-12(30-2)16(14)26)6-20(22,32-31-19)17(27)21(19)13(7)15(11)25/h7-8,11-16,25-26H,3-6H2,1-2H3/t7-,8-,11-,12-,13-,14-,15-,16-,19+,20+/m0/s1. The average Bonchev–Trinajstić information content (AvgIpc) is 3.32. The lowest BCUT2D eigenvalue weighted by Gasteiger charge is -2.59. The first-order valence-corrected chi connectivity index (χ1v) is 12.9. The van der Waals surface area contributed by atoms with E-state index in [2.05, 4.69) is 0 Å². The number of methoxy groups -OCH3 is 2. The Bertz CT molecular complexity index is 875. The number of carbonyl (C=O) groups excluding carboxylic acids is 4. The Kier molecular flexibility index (Phi) is 4.47. The van der Waals surface area contributed by atoms with Gasteiger partial charge in [0.15, 0.2) is 9.74 Å². The molecule has 0 radical (unpaired) electrons. The number of aliphatic hydroxyl groups excluding tert-OH is 2. The van der Waals surface area contributed by atoms with Gasteiger partial charge in [-0.15, -0.1) is 0 Å². The van der Waals surface area contributed by atoms with E-state index in [0.717, 1.165) is 0 Å². The van der Waals surface area contributed by atoms with Gasteiger partial charge in [-0.25, -0.2) is 0 Å². The highest BCUT2D eigenvalue weighted by Gasteiger charge is 2.80. The van der Waals surface area contributed by atoms with E-state index >= 15 is 0 Å².